The summed E-state index contributed by atoms with van der Waals surface area (Å²) in [6.45, 7) is 2.92. The molecule has 6 rings (SSSR count). The summed E-state index contributed by atoms with van der Waals surface area (Å²) in [6.07, 6.45) is 9.56. The number of amides is 1. The first-order chi connectivity index (χ1) is 17.4. The molecule has 2 aliphatic carbocycles. The van der Waals surface area contributed by atoms with Crippen LogP contribution in [0.25, 0.3) is 21.6 Å². The topological polar surface area (TPSA) is 131 Å². The van der Waals surface area contributed by atoms with Gasteiger partial charge in [0.15, 0.2) is 0 Å². The highest BCUT2D eigenvalue weighted by atomic mass is 32.1. The third-order valence-corrected chi connectivity index (χ3v) is 9.66. The maximum atomic E-state index is 12.2. The molecule has 4 heterocycles. The number of carbonyl (C=O) groups is 2. The van der Waals surface area contributed by atoms with Gasteiger partial charge in [-0.05, 0) is 50.5 Å². The Balaban J connectivity index is 1.27. The molecule has 4 N–H and O–H groups in total. The monoisotopic (exact) mass is 509 g/mol. The molecular weight excluding hydrogens is 478 g/mol. The smallest absolute Gasteiger partial charge is 0.315 e. The van der Waals surface area contributed by atoms with Crippen LogP contribution in [-0.4, -0.2) is 67.2 Å². The van der Waals surface area contributed by atoms with Crippen LogP contribution in [0.3, 0.4) is 0 Å². The lowest BCUT2D eigenvalue weighted by Gasteiger charge is -2.22. The summed E-state index contributed by atoms with van der Waals surface area (Å²) in [5.74, 6) is -0.100. The fraction of sp³-hybridized carbons (Fsp3) is 0.538. The molecule has 36 heavy (non-hydrogen) atoms. The van der Waals surface area contributed by atoms with E-state index in [2.05, 4.69) is 20.3 Å². The number of fused-ring (bicyclic) bond motifs is 2. The van der Waals surface area contributed by atoms with Gasteiger partial charge in [-0.2, -0.15) is 0 Å². The van der Waals surface area contributed by atoms with Crippen molar-refractivity contribution >= 4 is 39.9 Å². The number of pyridine rings is 1. The third-order valence-electron chi connectivity index (χ3n) is 8.43. The van der Waals surface area contributed by atoms with Gasteiger partial charge in [-0.25, -0.2) is 9.97 Å². The van der Waals surface area contributed by atoms with Gasteiger partial charge in [-0.15, -0.1) is 11.3 Å². The maximum Gasteiger partial charge on any atom is 0.315 e. The van der Waals surface area contributed by atoms with E-state index in [0.717, 1.165) is 57.9 Å². The highest BCUT2D eigenvalue weighted by Gasteiger charge is 2.45. The molecule has 4 atom stereocenters. The number of aliphatic carboxylic acids is 1. The number of aliphatic hydroxyl groups excluding tert-OH is 1. The van der Waals surface area contributed by atoms with E-state index >= 15 is 0 Å². The number of hydrogen-bond donors (Lipinski definition) is 4. The van der Waals surface area contributed by atoms with Crippen molar-refractivity contribution in [1.29, 1.82) is 0 Å². The Morgan fingerprint density at radius 2 is 1.92 bits per heavy atom. The van der Waals surface area contributed by atoms with E-state index in [4.69, 9.17) is 0 Å². The maximum absolute atomic E-state index is 12.2. The van der Waals surface area contributed by atoms with Gasteiger partial charge < -0.3 is 25.4 Å². The molecule has 0 bridgehead atoms. The SMILES string of the molecule is C[C@H](O)C(=O)N1C[C@H]2CC(Nc3c(-c4ncc(C5(C(=O)O)CCCC5)s4)cnc4[nH]ccc34)C[C@H]2C1. The number of carboxylic acid groups (broad SMARTS) is 1. The molecule has 1 aliphatic heterocycles. The Morgan fingerprint density at radius 1 is 1.19 bits per heavy atom. The normalized spacial score (nSPS) is 25.8. The fourth-order valence-corrected chi connectivity index (χ4v) is 7.73. The number of likely N-dealkylation sites (tertiary alicyclic amines) is 1. The van der Waals surface area contributed by atoms with E-state index < -0.39 is 17.5 Å². The molecule has 1 unspecified atom stereocenters. The van der Waals surface area contributed by atoms with Crippen molar-refractivity contribution in [3.05, 3.63) is 29.5 Å². The molecule has 1 saturated heterocycles. The average Bonchev–Trinajstić information content (AvgIpc) is 3.66. The molecule has 190 valence electrons. The Morgan fingerprint density at radius 3 is 2.58 bits per heavy atom. The Labute approximate surface area is 213 Å². The largest absolute Gasteiger partial charge is 0.481 e. The van der Waals surface area contributed by atoms with Crippen molar-refractivity contribution in [3.8, 4) is 10.6 Å². The number of rotatable bonds is 6. The second-order valence-electron chi connectivity index (χ2n) is 10.7. The number of nitrogens with zero attached hydrogens (tertiary/aromatic N) is 3. The number of anilines is 1. The minimum absolute atomic E-state index is 0.180. The lowest BCUT2D eigenvalue weighted by molar-refractivity contribution is -0.143. The van der Waals surface area contributed by atoms with Crippen molar-refractivity contribution < 1.29 is 19.8 Å². The Bertz CT molecular complexity index is 1300. The molecule has 2 saturated carbocycles. The summed E-state index contributed by atoms with van der Waals surface area (Å²) < 4.78 is 0. The zero-order valence-electron chi connectivity index (χ0n) is 20.2. The molecule has 0 spiro atoms. The van der Waals surface area contributed by atoms with Crippen molar-refractivity contribution in [1.82, 2.24) is 19.9 Å². The zero-order chi connectivity index (χ0) is 25.0. The Hall–Kier alpha value is -2.98. The van der Waals surface area contributed by atoms with E-state index in [9.17, 15) is 19.8 Å². The molecule has 10 heteroatoms. The van der Waals surface area contributed by atoms with Gasteiger partial charge in [-0.3, -0.25) is 9.59 Å². The summed E-state index contributed by atoms with van der Waals surface area (Å²) >= 11 is 1.47. The molecule has 0 aromatic carbocycles. The van der Waals surface area contributed by atoms with Gasteiger partial charge in [0.1, 0.15) is 22.2 Å². The van der Waals surface area contributed by atoms with Crippen molar-refractivity contribution in [2.24, 2.45) is 11.8 Å². The standard InChI is InChI=1S/C26H31N5O4S/c1-14(32)24(33)31-12-15-8-17(9-16(15)13-31)30-21-18-4-7-27-22(18)28-10-19(21)23-29-11-20(36-23)26(25(34)35)5-2-3-6-26/h4,7,10-11,14-17,32H,2-3,5-6,8-9,12-13H2,1H3,(H,34,35)(H2,27,28,30)/t14-,15-,16+,17?/m0/s1. The number of thiazole rings is 1. The summed E-state index contributed by atoms with van der Waals surface area (Å²) in [7, 11) is 0. The van der Waals surface area contributed by atoms with Crippen LogP contribution in [0.2, 0.25) is 0 Å². The molecule has 1 amide bonds. The number of H-pyrrole nitrogens is 1. The summed E-state index contributed by atoms with van der Waals surface area (Å²) in [6, 6.07) is 2.26. The van der Waals surface area contributed by atoms with Crippen LogP contribution < -0.4 is 5.32 Å². The molecule has 3 aromatic heterocycles. The molecule has 3 aliphatic rings. The van der Waals surface area contributed by atoms with Crippen molar-refractivity contribution in [3.63, 3.8) is 0 Å². The van der Waals surface area contributed by atoms with Crippen LogP contribution >= 0.6 is 11.3 Å². The highest BCUT2D eigenvalue weighted by Crippen LogP contribution is 2.47. The van der Waals surface area contributed by atoms with Crippen molar-refractivity contribution in [2.45, 2.75) is 63.0 Å². The third kappa shape index (κ3) is 3.78. The van der Waals surface area contributed by atoms with E-state index in [1.54, 1.807) is 11.1 Å². The fourth-order valence-electron chi connectivity index (χ4n) is 6.56. The van der Waals surface area contributed by atoms with Gasteiger partial charge in [0.25, 0.3) is 5.91 Å². The Kier molecular flexibility index (Phi) is 5.75. The predicted octanol–water partition coefficient (Wildman–Crippen LogP) is 3.61. The van der Waals surface area contributed by atoms with Gasteiger partial charge in [0, 0.05) is 48.0 Å². The number of aromatic nitrogens is 3. The van der Waals surface area contributed by atoms with E-state index in [0.29, 0.717) is 37.8 Å². The van der Waals surface area contributed by atoms with Crippen molar-refractivity contribution in [2.75, 3.05) is 18.4 Å². The van der Waals surface area contributed by atoms with Crippen LogP contribution in [0.15, 0.2) is 24.7 Å². The lowest BCUT2D eigenvalue weighted by Crippen LogP contribution is -2.37. The molecule has 0 radical (unpaired) electrons. The number of hydrogen-bond acceptors (Lipinski definition) is 7. The van der Waals surface area contributed by atoms with Gasteiger partial charge in [0.2, 0.25) is 0 Å². The van der Waals surface area contributed by atoms with Crippen LogP contribution in [-0.2, 0) is 15.0 Å². The predicted molar refractivity (Wildman–Crippen MR) is 137 cm³/mol. The van der Waals surface area contributed by atoms with Gasteiger partial charge in [0.05, 0.1) is 11.3 Å². The lowest BCUT2D eigenvalue weighted by atomic mass is 9.85. The van der Waals surface area contributed by atoms with Crippen LogP contribution in [0.4, 0.5) is 5.69 Å². The van der Waals surface area contributed by atoms with Crippen LogP contribution in [0.5, 0.6) is 0 Å². The number of carbonyl (C=O) groups excluding carboxylic acids is 1. The molecule has 3 aromatic rings. The zero-order valence-corrected chi connectivity index (χ0v) is 21.1. The number of aliphatic hydroxyl groups is 1. The van der Waals surface area contributed by atoms with E-state index in [-0.39, 0.29) is 11.9 Å². The quantitative estimate of drug-likeness (QED) is 0.399. The minimum Gasteiger partial charge on any atom is -0.481 e. The van der Waals surface area contributed by atoms with Gasteiger partial charge in [-0.1, -0.05) is 12.8 Å². The van der Waals surface area contributed by atoms with Gasteiger partial charge >= 0.3 is 5.97 Å². The second-order valence-corrected chi connectivity index (χ2v) is 11.7. The van der Waals surface area contributed by atoms with Crippen LogP contribution in [0, 0.1) is 11.8 Å². The number of nitrogens with one attached hydrogen (secondary N) is 2. The molecular formula is C26H31N5O4S. The molecule has 3 fully saturated rings. The minimum atomic E-state index is -0.952. The first-order valence-corrected chi connectivity index (χ1v) is 13.6. The molecule has 9 nitrogen and oxygen atoms in total. The van der Waals surface area contributed by atoms with Crippen LogP contribution in [0.1, 0.15) is 50.3 Å². The highest BCUT2D eigenvalue weighted by molar-refractivity contribution is 7.15. The van der Waals surface area contributed by atoms with E-state index in [1.165, 1.54) is 18.3 Å². The second kappa shape index (κ2) is 8.85. The first kappa shape index (κ1) is 23.4. The summed E-state index contributed by atoms with van der Waals surface area (Å²) in [5.41, 5.74) is 1.83. The van der Waals surface area contributed by atoms with E-state index in [1.807, 2.05) is 18.5 Å². The number of carboxylic acids is 1. The summed E-state index contributed by atoms with van der Waals surface area (Å²) in [4.78, 5) is 39.6. The average molecular weight is 510 g/mol. The number of aromatic amines is 1. The summed E-state index contributed by atoms with van der Waals surface area (Å²) in [5, 5.41) is 25.3. The first-order valence-electron chi connectivity index (χ1n) is 12.8.